The van der Waals surface area contributed by atoms with Crippen LogP contribution in [0.1, 0.15) is 62.1 Å². The van der Waals surface area contributed by atoms with Crippen LogP contribution in [0, 0.1) is 0 Å². The molecule has 1 atom stereocenters. The van der Waals surface area contributed by atoms with Crippen molar-refractivity contribution in [1.82, 2.24) is 9.88 Å². The Labute approximate surface area is 156 Å². The van der Waals surface area contributed by atoms with E-state index in [1.54, 1.807) is 5.56 Å². The molecule has 1 saturated carbocycles. The highest BCUT2D eigenvalue weighted by Crippen LogP contribution is 2.46. The summed E-state index contributed by atoms with van der Waals surface area (Å²) < 4.78 is 2.63. The van der Waals surface area contributed by atoms with Gasteiger partial charge in [-0.3, -0.25) is 0 Å². The highest BCUT2D eigenvalue weighted by Gasteiger charge is 2.29. The summed E-state index contributed by atoms with van der Waals surface area (Å²) in [6.07, 6.45) is 6.84. The fourth-order valence-electron chi connectivity index (χ4n) is 5.24. The van der Waals surface area contributed by atoms with E-state index in [2.05, 4.69) is 65.3 Å². The maximum Gasteiger partial charge on any atom is 0.0532 e. The van der Waals surface area contributed by atoms with Gasteiger partial charge < -0.3 is 9.88 Å². The van der Waals surface area contributed by atoms with E-state index in [1.807, 2.05) is 0 Å². The normalized spacial score (nSPS) is 21.0. The van der Waals surface area contributed by atoms with Crippen LogP contribution in [0.15, 0.2) is 48.5 Å². The summed E-state index contributed by atoms with van der Waals surface area (Å²) >= 11 is 0. The van der Waals surface area contributed by atoms with Crippen molar-refractivity contribution in [3.8, 4) is 11.3 Å². The molecular formula is C24H28N2. The number of nitrogens with zero attached hydrogens (tertiary/aromatic N) is 1. The van der Waals surface area contributed by atoms with Crippen LogP contribution in [0.25, 0.3) is 22.2 Å². The Kier molecular flexibility index (Phi) is 4.09. The van der Waals surface area contributed by atoms with Gasteiger partial charge in [0.2, 0.25) is 0 Å². The Balaban J connectivity index is 1.86. The Hall–Kier alpha value is -2.06. The molecule has 0 amide bonds. The maximum absolute atomic E-state index is 3.67. The molecule has 1 unspecified atom stereocenters. The van der Waals surface area contributed by atoms with Crippen molar-refractivity contribution in [3.05, 3.63) is 59.7 Å². The van der Waals surface area contributed by atoms with E-state index < -0.39 is 0 Å². The van der Waals surface area contributed by atoms with Crippen molar-refractivity contribution in [2.45, 2.75) is 57.5 Å². The molecule has 2 nitrogen and oxygen atoms in total. The van der Waals surface area contributed by atoms with Gasteiger partial charge in [-0.2, -0.15) is 0 Å². The van der Waals surface area contributed by atoms with E-state index in [9.17, 15) is 0 Å². The lowest BCUT2D eigenvalue weighted by Crippen LogP contribution is -2.26. The molecule has 3 aromatic rings. The van der Waals surface area contributed by atoms with Gasteiger partial charge in [0.1, 0.15) is 0 Å². The number of aromatic nitrogens is 1. The fourth-order valence-corrected chi connectivity index (χ4v) is 5.24. The summed E-state index contributed by atoms with van der Waals surface area (Å²) in [6, 6.07) is 18.6. The Bertz CT molecular complexity index is 931. The molecule has 0 saturated heterocycles. The van der Waals surface area contributed by atoms with Crippen LogP contribution in [-0.4, -0.2) is 11.1 Å². The molecule has 0 radical (unpaired) electrons. The van der Waals surface area contributed by atoms with Crippen molar-refractivity contribution >= 4 is 10.9 Å². The molecule has 2 aromatic carbocycles. The van der Waals surface area contributed by atoms with Crippen molar-refractivity contribution < 1.29 is 0 Å². The van der Waals surface area contributed by atoms with E-state index >= 15 is 0 Å². The molecule has 5 rings (SSSR count). The number of nitrogens with one attached hydrogen (secondary N) is 1. The predicted octanol–water partition coefficient (Wildman–Crippen LogP) is 6.02. The minimum Gasteiger partial charge on any atom is -0.336 e. The zero-order chi connectivity index (χ0) is 17.5. The third kappa shape index (κ3) is 2.51. The van der Waals surface area contributed by atoms with E-state index in [4.69, 9.17) is 0 Å². The Morgan fingerprint density at radius 3 is 2.58 bits per heavy atom. The molecule has 26 heavy (non-hydrogen) atoms. The lowest BCUT2D eigenvalue weighted by Gasteiger charge is -2.28. The van der Waals surface area contributed by atoms with E-state index in [0.717, 1.165) is 13.1 Å². The molecule has 1 fully saturated rings. The highest BCUT2D eigenvalue weighted by molar-refractivity contribution is 5.93. The highest BCUT2D eigenvalue weighted by atomic mass is 15.1. The van der Waals surface area contributed by atoms with Crippen LogP contribution >= 0.6 is 0 Å². The summed E-state index contributed by atoms with van der Waals surface area (Å²) in [5.74, 6) is 0.706. The van der Waals surface area contributed by atoms with Gasteiger partial charge in [0, 0.05) is 35.6 Å². The number of fused-ring (bicyclic) bond motifs is 5. The van der Waals surface area contributed by atoms with Crippen LogP contribution in [-0.2, 0) is 6.54 Å². The summed E-state index contributed by atoms with van der Waals surface area (Å²) in [5.41, 5.74) is 7.40. The minimum absolute atomic E-state index is 0.459. The monoisotopic (exact) mass is 344 g/mol. The van der Waals surface area contributed by atoms with E-state index in [1.165, 1.54) is 59.8 Å². The second-order valence-electron chi connectivity index (χ2n) is 8.12. The van der Waals surface area contributed by atoms with Gasteiger partial charge in [0.25, 0.3) is 0 Å². The number of rotatable bonds is 1. The molecule has 1 aromatic heterocycles. The van der Waals surface area contributed by atoms with Gasteiger partial charge in [0.05, 0.1) is 5.69 Å². The zero-order valence-electron chi connectivity index (χ0n) is 15.7. The molecule has 2 heteroatoms. The molecule has 2 aliphatic rings. The van der Waals surface area contributed by atoms with E-state index in [-0.39, 0.29) is 0 Å². The first-order valence-corrected chi connectivity index (χ1v) is 10.3. The second kappa shape index (κ2) is 6.59. The van der Waals surface area contributed by atoms with Crippen LogP contribution < -0.4 is 5.32 Å². The van der Waals surface area contributed by atoms with Gasteiger partial charge in [-0.05, 0) is 42.9 Å². The zero-order valence-corrected chi connectivity index (χ0v) is 15.7. The number of hydrogen-bond donors (Lipinski definition) is 1. The molecule has 1 N–H and O–H groups in total. The van der Waals surface area contributed by atoms with Crippen LogP contribution in [0.2, 0.25) is 0 Å². The smallest absolute Gasteiger partial charge is 0.0532 e. The summed E-state index contributed by atoms with van der Waals surface area (Å²) in [6.45, 7) is 4.35. The second-order valence-corrected chi connectivity index (χ2v) is 8.12. The Morgan fingerprint density at radius 1 is 0.923 bits per heavy atom. The number of para-hydroxylation sites is 1. The molecule has 134 valence electrons. The third-order valence-electron chi connectivity index (χ3n) is 6.43. The molecular weight excluding hydrogens is 316 g/mol. The topological polar surface area (TPSA) is 17.0 Å². The molecule has 0 bridgehead atoms. The van der Waals surface area contributed by atoms with Gasteiger partial charge >= 0.3 is 0 Å². The van der Waals surface area contributed by atoms with Crippen molar-refractivity contribution in [2.24, 2.45) is 0 Å². The molecule has 1 aliphatic heterocycles. The van der Waals surface area contributed by atoms with Crippen molar-refractivity contribution in [3.63, 3.8) is 0 Å². The molecule has 0 spiro atoms. The van der Waals surface area contributed by atoms with Crippen molar-refractivity contribution in [2.75, 3.05) is 6.54 Å². The Morgan fingerprint density at radius 2 is 1.69 bits per heavy atom. The van der Waals surface area contributed by atoms with Crippen LogP contribution in [0.5, 0.6) is 0 Å². The third-order valence-corrected chi connectivity index (χ3v) is 6.43. The number of benzene rings is 2. The summed E-state index contributed by atoms with van der Waals surface area (Å²) in [7, 11) is 0. The number of hydrogen-bond acceptors (Lipinski definition) is 1. The van der Waals surface area contributed by atoms with E-state index in [0.29, 0.717) is 12.0 Å². The lowest BCUT2D eigenvalue weighted by atomic mass is 9.81. The first kappa shape index (κ1) is 16.1. The minimum atomic E-state index is 0.459. The predicted molar refractivity (Wildman–Crippen MR) is 110 cm³/mol. The van der Waals surface area contributed by atoms with Gasteiger partial charge in [-0.15, -0.1) is 0 Å². The fraction of sp³-hybridized carbons (Fsp3) is 0.417. The largest absolute Gasteiger partial charge is 0.336 e. The average molecular weight is 345 g/mol. The van der Waals surface area contributed by atoms with Crippen LogP contribution in [0.3, 0.4) is 0 Å². The summed E-state index contributed by atoms with van der Waals surface area (Å²) in [5, 5.41) is 5.15. The van der Waals surface area contributed by atoms with Gasteiger partial charge in [-0.25, -0.2) is 0 Å². The lowest BCUT2D eigenvalue weighted by molar-refractivity contribution is 0.443. The molecule has 2 heterocycles. The first-order valence-electron chi connectivity index (χ1n) is 10.3. The average Bonchev–Trinajstić information content (AvgIpc) is 3.02. The molecule has 1 aliphatic carbocycles. The van der Waals surface area contributed by atoms with Crippen molar-refractivity contribution in [1.29, 1.82) is 0 Å². The van der Waals surface area contributed by atoms with Gasteiger partial charge in [-0.1, -0.05) is 61.7 Å². The maximum atomic E-state index is 3.67. The first-order chi connectivity index (χ1) is 12.8. The van der Waals surface area contributed by atoms with Gasteiger partial charge in [0.15, 0.2) is 0 Å². The van der Waals surface area contributed by atoms with Crippen LogP contribution in [0.4, 0.5) is 0 Å². The SMILES string of the molecule is CC1CNCc2ccccc2-c2c(C3CCCCC3)c3ccccc3n21. The summed E-state index contributed by atoms with van der Waals surface area (Å²) in [4.78, 5) is 0. The quantitative estimate of drug-likeness (QED) is 0.571. The standard InChI is InChI=1S/C24H28N2/c1-17-15-25-16-19-11-5-6-12-20(19)24-23(18-9-3-2-4-10-18)21-13-7-8-14-22(21)26(17)24/h5-8,11-14,17-18,25H,2-4,9-10,15-16H2,1H3.